The van der Waals surface area contributed by atoms with Crippen molar-refractivity contribution in [3.63, 3.8) is 0 Å². The lowest BCUT2D eigenvalue weighted by molar-refractivity contribution is 0.0889. The molecule has 0 aliphatic carbocycles. The summed E-state index contributed by atoms with van der Waals surface area (Å²) in [5.41, 5.74) is 0.0697. The second kappa shape index (κ2) is 7.97. The fourth-order valence-electron chi connectivity index (χ4n) is 2.33. The third kappa shape index (κ3) is 4.68. The van der Waals surface area contributed by atoms with Crippen molar-refractivity contribution >= 4 is 35.2 Å². The van der Waals surface area contributed by atoms with Gasteiger partial charge in [0.15, 0.2) is 17.8 Å². The molecular formula is C17H19Cl2N3O4. The third-order valence-electron chi connectivity index (χ3n) is 3.63. The number of carbonyl (C=O) groups excluding carboxylic acids is 1. The number of benzene rings is 1. The van der Waals surface area contributed by atoms with E-state index in [1.165, 1.54) is 4.90 Å². The van der Waals surface area contributed by atoms with Gasteiger partial charge in [-0.2, -0.15) is 0 Å². The van der Waals surface area contributed by atoms with Crippen LogP contribution in [0.25, 0.3) is 11.3 Å². The SMILES string of the molecule is CC(C)(C)N(CCNC(=O)c1ncoc1-c1ccc(Cl)c(Cl)c1)C(=O)O. The molecule has 9 heteroatoms. The standard InChI is InChI=1S/C17H19Cl2N3O4/c1-17(2,3)22(16(24)25)7-6-20-15(23)13-14(26-9-21-13)10-4-5-11(18)12(19)8-10/h4-5,8-9H,6-7H2,1-3H3,(H,20,23)(H,24,25). The van der Waals surface area contributed by atoms with Gasteiger partial charge in [-0.15, -0.1) is 0 Å². The molecule has 1 aromatic heterocycles. The molecule has 0 unspecified atom stereocenters. The molecule has 0 saturated carbocycles. The monoisotopic (exact) mass is 399 g/mol. The maximum absolute atomic E-state index is 12.4. The minimum Gasteiger partial charge on any atom is -0.465 e. The van der Waals surface area contributed by atoms with Crippen molar-refractivity contribution < 1.29 is 19.1 Å². The van der Waals surface area contributed by atoms with E-state index in [0.29, 0.717) is 15.6 Å². The molecule has 0 fully saturated rings. The summed E-state index contributed by atoms with van der Waals surface area (Å²) in [6.45, 7) is 5.62. The first-order chi connectivity index (χ1) is 12.1. The summed E-state index contributed by atoms with van der Waals surface area (Å²) in [6, 6.07) is 4.84. The van der Waals surface area contributed by atoms with Gasteiger partial charge < -0.3 is 19.7 Å². The zero-order valence-electron chi connectivity index (χ0n) is 14.5. The Labute approximate surface area is 160 Å². The fraction of sp³-hybridized carbons (Fsp3) is 0.353. The van der Waals surface area contributed by atoms with Gasteiger partial charge in [-0.05, 0) is 39.0 Å². The largest absolute Gasteiger partial charge is 0.465 e. The van der Waals surface area contributed by atoms with Crippen molar-refractivity contribution in [2.24, 2.45) is 0 Å². The van der Waals surface area contributed by atoms with E-state index in [0.717, 1.165) is 6.39 Å². The first kappa shape index (κ1) is 20.1. The fourth-order valence-corrected chi connectivity index (χ4v) is 2.63. The average molecular weight is 400 g/mol. The zero-order chi connectivity index (χ0) is 19.5. The molecule has 0 saturated heterocycles. The zero-order valence-corrected chi connectivity index (χ0v) is 16.1. The van der Waals surface area contributed by atoms with E-state index in [9.17, 15) is 14.7 Å². The van der Waals surface area contributed by atoms with Crippen LogP contribution in [0.15, 0.2) is 29.0 Å². The lowest BCUT2D eigenvalue weighted by Crippen LogP contribution is -2.48. The molecule has 0 aliphatic rings. The number of carboxylic acid groups (broad SMARTS) is 1. The summed E-state index contributed by atoms with van der Waals surface area (Å²) in [5, 5.41) is 12.6. The summed E-state index contributed by atoms with van der Waals surface area (Å²) in [4.78, 5) is 28.9. The van der Waals surface area contributed by atoms with Crippen LogP contribution in [-0.2, 0) is 0 Å². The number of nitrogens with one attached hydrogen (secondary N) is 1. The first-order valence-corrected chi connectivity index (χ1v) is 8.54. The summed E-state index contributed by atoms with van der Waals surface area (Å²) >= 11 is 11.9. The predicted molar refractivity (Wildman–Crippen MR) is 98.8 cm³/mol. The number of nitrogens with zero attached hydrogens (tertiary/aromatic N) is 2. The Morgan fingerprint density at radius 2 is 1.96 bits per heavy atom. The van der Waals surface area contributed by atoms with Crippen molar-refractivity contribution in [2.75, 3.05) is 13.1 Å². The van der Waals surface area contributed by atoms with Crippen LogP contribution in [0.3, 0.4) is 0 Å². The highest BCUT2D eigenvalue weighted by molar-refractivity contribution is 6.42. The van der Waals surface area contributed by atoms with E-state index >= 15 is 0 Å². The van der Waals surface area contributed by atoms with Crippen LogP contribution in [0.4, 0.5) is 4.79 Å². The van der Waals surface area contributed by atoms with Gasteiger partial charge in [0.2, 0.25) is 0 Å². The van der Waals surface area contributed by atoms with Crippen molar-refractivity contribution in [2.45, 2.75) is 26.3 Å². The second-order valence-electron chi connectivity index (χ2n) is 6.52. The molecule has 2 aromatic rings. The molecular weight excluding hydrogens is 381 g/mol. The minimum absolute atomic E-state index is 0.0843. The van der Waals surface area contributed by atoms with Crippen LogP contribution < -0.4 is 5.32 Å². The number of halogens is 2. The van der Waals surface area contributed by atoms with Gasteiger partial charge in [0.1, 0.15) is 0 Å². The maximum Gasteiger partial charge on any atom is 0.407 e. The van der Waals surface area contributed by atoms with Gasteiger partial charge >= 0.3 is 6.09 Å². The van der Waals surface area contributed by atoms with Gasteiger partial charge in [-0.3, -0.25) is 4.79 Å². The molecule has 26 heavy (non-hydrogen) atoms. The number of hydrogen-bond acceptors (Lipinski definition) is 4. The van der Waals surface area contributed by atoms with E-state index in [1.54, 1.807) is 39.0 Å². The molecule has 7 nitrogen and oxygen atoms in total. The Morgan fingerprint density at radius 3 is 2.54 bits per heavy atom. The van der Waals surface area contributed by atoms with Crippen LogP contribution in [0.1, 0.15) is 31.3 Å². The molecule has 1 aromatic carbocycles. The van der Waals surface area contributed by atoms with E-state index in [1.807, 2.05) is 0 Å². The smallest absolute Gasteiger partial charge is 0.407 e. The topological polar surface area (TPSA) is 95.7 Å². The Kier molecular flexibility index (Phi) is 6.15. The van der Waals surface area contributed by atoms with E-state index in [2.05, 4.69) is 10.3 Å². The van der Waals surface area contributed by atoms with Crippen LogP contribution in [0.5, 0.6) is 0 Å². The Bertz CT molecular complexity index is 815. The van der Waals surface area contributed by atoms with Crippen LogP contribution in [-0.4, -0.2) is 45.6 Å². The normalized spacial score (nSPS) is 11.3. The van der Waals surface area contributed by atoms with Crippen LogP contribution >= 0.6 is 23.2 Å². The summed E-state index contributed by atoms with van der Waals surface area (Å²) in [6.07, 6.45) is 0.107. The molecule has 0 bridgehead atoms. The van der Waals surface area contributed by atoms with Gasteiger partial charge in [0, 0.05) is 24.2 Å². The molecule has 2 rings (SSSR count). The number of oxazole rings is 1. The molecule has 0 atom stereocenters. The van der Waals surface area contributed by atoms with Crippen LogP contribution in [0.2, 0.25) is 10.0 Å². The first-order valence-electron chi connectivity index (χ1n) is 7.79. The van der Waals surface area contributed by atoms with Gasteiger partial charge in [-0.1, -0.05) is 23.2 Å². The maximum atomic E-state index is 12.4. The molecule has 1 heterocycles. The molecule has 2 N–H and O–H groups in total. The van der Waals surface area contributed by atoms with E-state index in [4.69, 9.17) is 27.6 Å². The lowest BCUT2D eigenvalue weighted by atomic mass is 10.1. The van der Waals surface area contributed by atoms with E-state index in [-0.39, 0.29) is 24.5 Å². The second-order valence-corrected chi connectivity index (χ2v) is 7.33. The Balaban J connectivity index is 2.08. The quantitative estimate of drug-likeness (QED) is 0.786. The van der Waals surface area contributed by atoms with Crippen LogP contribution in [0, 0.1) is 0 Å². The number of aromatic nitrogens is 1. The highest BCUT2D eigenvalue weighted by Crippen LogP contribution is 2.30. The summed E-state index contributed by atoms with van der Waals surface area (Å²) < 4.78 is 5.31. The van der Waals surface area contributed by atoms with Gasteiger partial charge in [0.05, 0.1) is 10.0 Å². The molecule has 0 spiro atoms. The molecule has 2 amide bonds. The summed E-state index contributed by atoms with van der Waals surface area (Å²) in [7, 11) is 0. The number of carbonyl (C=O) groups is 2. The number of rotatable bonds is 5. The number of amides is 2. The Hall–Kier alpha value is -2.25. The van der Waals surface area contributed by atoms with Crippen molar-refractivity contribution in [1.82, 2.24) is 15.2 Å². The van der Waals surface area contributed by atoms with Crippen molar-refractivity contribution in [1.29, 1.82) is 0 Å². The number of hydrogen-bond donors (Lipinski definition) is 2. The van der Waals surface area contributed by atoms with E-state index < -0.39 is 17.5 Å². The van der Waals surface area contributed by atoms with Crippen molar-refractivity contribution in [3.05, 3.63) is 40.3 Å². The average Bonchev–Trinajstić information content (AvgIpc) is 3.02. The minimum atomic E-state index is -1.05. The molecule has 0 radical (unpaired) electrons. The predicted octanol–water partition coefficient (Wildman–Crippen LogP) is 4.16. The highest BCUT2D eigenvalue weighted by atomic mass is 35.5. The van der Waals surface area contributed by atoms with Gasteiger partial charge in [-0.25, -0.2) is 9.78 Å². The third-order valence-corrected chi connectivity index (χ3v) is 4.36. The highest BCUT2D eigenvalue weighted by Gasteiger charge is 2.26. The molecule has 0 aliphatic heterocycles. The lowest BCUT2D eigenvalue weighted by Gasteiger charge is -2.33. The van der Waals surface area contributed by atoms with Crippen molar-refractivity contribution in [3.8, 4) is 11.3 Å². The molecule has 140 valence electrons. The summed E-state index contributed by atoms with van der Waals surface area (Å²) in [5.74, 6) is -0.217. The Morgan fingerprint density at radius 1 is 1.27 bits per heavy atom. The van der Waals surface area contributed by atoms with Gasteiger partial charge in [0.25, 0.3) is 5.91 Å².